The molecule has 4 heteroatoms. The molecule has 0 fully saturated rings. The number of hydrogen-bond acceptors (Lipinski definition) is 3. The van der Waals surface area contributed by atoms with Crippen LogP contribution in [-0.2, 0) is 13.2 Å². The van der Waals surface area contributed by atoms with Crippen molar-refractivity contribution in [2.24, 2.45) is 0 Å². The van der Waals surface area contributed by atoms with Gasteiger partial charge in [-0.2, -0.15) is 0 Å². The van der Waals surface area contributed by atoms with Crippen LogP contribution in [0.5, 0.6) is 11.5 Å². The van der Waals surface area contributed by atoms with E-state index in [9.17, 15) is 4.79 Å². The molecule has 4 rings (SSSR count). The maximum Gasteiger partial charge on any atom is 0.251 e. The second kappa shape index (κ2) is 9.81. The number of benzene rings is 4. The van der Waals surface area contributed by atoms with E-state index in [0.29, 0.717) is 25.3 Å². The smallest absolute Gasteiger partial charge is 0.251 e. The van der Waals surface area contributed by atoms with Crippen LogP contribution in [0.4, 0.5) is 0 Å². The molecule has 0 spiro atoms. The van der Waals surface area contributed by atoms with Crippen molar-refractivity contribution in [1.29, 1.82) is 0 Å². The Kier molecular flexibility index (Phi) is 6.48. The topological polar surface area (TPSA) is 47.6 Å². The molecule has 0 heterocycles. The third-order valence-electron chi connectivity index (χ3n) is 5.03. The highest BCUT2D eigenvalue weighted by molar-refractivity contribution is 5.94. The summed E-state index contributed by atoms with van der Waals surface area (Å²) in [4.78, 5) is 12.7. The van der Waals surface area contributed by atoms with Crippen molar-refractivity contribution in [3.63, 3.8) is 0 Å². The summed E-state index contributed by atoms with van der Waals surface area (Å²) in [6.45, 7) is 3.28. The molecule has 0 aromatic heterocycles. The van der Waals surface area contributed by atoms with E-state index in [2.05, 4.69) is 17.4 Å². The second-order valence-electron chi connectivity index (χ2n) is 7.22. The third kappa shape index (κ3) is 5.23. The molecule has 0 aliphatic heterocycles. The molecular weight excluding hydrogens is 386 g/mol. The monoisotopic (exact) mass is 411 g/mol. The Bertz CT molecular complexity index is 1170. The molecular formula is C27H25NO3. The Balaban J connectivity index is 1.48. The Hall–Kier alpha value is -3.79. The molecule has 156 valence electrons. The van der Waals surface area contributed by atoms with Crippen LogP contribution >= 0.6 is 0 Å². The number of ether oxygens (including phenoxy) is 2. The number of fused-ring (bicyclic) bond motifs is 1. The van der Waals surface area contributed by atoms with E-state index in [-0.39, 0.29) is 5.91 Å². The van der Waals surface area contributed by atoms with Crippen molar-refractivity contribution in [1.82, 2.24) is 5.32 Å². The van der Waals surface area contributed by atoms with Crippen LogP contribution in [-0.4, -0.2) is 12.5 Å². The van der Waals surface area contributed by atoms with Crippen LogP contribution < -0.4 is 14.8 Å². The average molecular weight is 412 g/mol. The van der Waals surface area contributed by atoms with Crippen molar-refractivity contribution in [3.8, 4) is 11.5 Å². The van der Waals surface area contributed by atoms with Crippen molar-refractivity contribution in [2.45, 2.75) is 20.1 Å². The zero-order valence-corrected chi connectivity index (χ0v) is 17.5. The summed E-state index contributed by atoms with van der Waals surface area (Å²) >= 11 is 0. The van der Waals surface area contributed by atoms with Gasteiger partial charge < -0.3 is 14.8 Å². The van der Waals surface area contributed by atoms with Crippen molar-refractivity contribution >= 4 is 16.7 Å². The normalized spacial score (nSPS) is 10.6. The van der Waals surface area contributed by atoms with E-state index < -0.39 is 0 Å². The summed E-state index contributed by atoms with van der Waals surface area (Å²) < 4.78 is 11.8. The van der Waals surface area contributed by atoms with Gasteiger partial charge in [0.05, 0.1) is 6.61 Å². The van der Waals surface area contributed by atoms with Gasteiger partial charge in [-0.15, -0.1) is 0 Å². The number of rotatable bonds is 8. The molecule has 31 heavy (non-hydrogen) atoms. The lowest BCUT2D eigenvalue weighted by molar-refractivity contribution is 0.0950. The van der Waals surface area contributed by atoms with Crippen LogP contribution in [0.15, 0.2) is 91.0 Å². The molecule has 4 nitrogen and oxygen atoms in total. The van der Waals surface area contributed by atoms with Gasteiger partial charge in [-0.3, -0.25) is 4.79 Å². The Labute approximate surface area is 182 Å². The van der Waals surface area contributed by atoms with E-state index >= 15 is 0 Å². The molecule has 0 radical (unpaired) electrons. The molecule has 4 aromatic rings. The zero-order chi connectivity index (χ0) is 21.5. The predicted octanol–water partition coefficient (Wildman–Crippen LogP) is 5.75. The first kappa shape index (κ1) is 20.5. The predicted molar refractivity (Wildman–Crippen MR) is 124 cm³/mol. The first-order valence-corrected chi connectivity index (χ1v) is 10.4. The maximum absolute atomic E-state index is 12.7. The fourth-order valence-electron chi connectivity index (χ4n) is 3.43. The summed E-state index contributed by atoms with van der Waals surface area (Å²) in [6, 6.07) is 29.5. The first-order chi connectivity index (χ1) is 15.2. The SMILES string of the molecule is CCOc1ccc(C(=O)NCc2ccccc2)cc1COc1ccc2ccccc2c1. The second-order valence-corrected chi connectivity index (χ2v) is 7.22. The van der Waals surface area contributed by atoms with Crippen LogP contribution in [0.2, 0.25) is 0 Å². The van der Waals surface area contributed by atoms with Gasteiger partial charge in [0.25, 0.3) is 5.91 Å². The highest BCUT2D eigenvalue weighted by Gasteiger charge is 2.12. The molecule has 0 aliphatic carbocycles. The first-order valence-electron chi connectivity index (χ1n) is 10.4. The van der Waals surface area contributed by atoms with Gasteiger partial charge in [-0.05, 0) is 53.6 Å². The summed E-state index contributed by atoms with van der Waals surface area (Å²) in [7, 11) is 0. The van der Waals surface area contributed by atoms with Gasteiger partial charge in [-0.1, -0.05) is 60.7 Å². The summed E-state index contributed by atoms with van der Waals surface area (Å²) in [5, 5.41) is 5.26. The maximum atomic E-state index is 12.7. The summed E-state index contributed by atoms with van der Waals surface area (Å²) in [6.07, 6.45) is 0. The molecule has 0 unspecified atom stereocenters. The van der Waals surface area contributed by atoms with Gasteiger partial charge in [-0.25, -0.2) is 0 Å². The lowest BCUT2D eigenvalue weighted by Gasteiger charge is -2.14. The van der Waals surface area contributed by atoms with Crippen LogP contribution in [0.3, 0.4) is 0 Å². The minimum Gasteiger partial charge on any atom is -0.493 e. The highest BCUT2D eigenvalue weighted by atomic mass is 16.5. The fraction of sp³-hybridized carbons (Fsp3) is 0.148. The van der Waals surface area contributed by atoms with Gasteiger partial charge in [0, 0.05) is 17.7 Å². The van der Waals surface area contributed by atoms with E-state index in [1.807, 2.05) is 79.7 Å². The van der Waals surface area contributed by atoms with E-state index in [1.54, 1.807) is 6.07 Å². The number of hydrogen-bond donors (Lipinski definition) is 1. The van der Waals surface area contributed by atoms with Gasteiger partial charge in [0.2, 0.25) is 0 Å². The van der Waals surface area contributed by atoms with Crippen molar-refractivity contribution in [3.05, 3.63) is 108 Å². The van der Waals surface area contributed by atoms with E-state index in [1.165, 1.54) is 5.39 Å². The summed E-state index contributed by atoms with van der Waals surface area (Å²) in [5.41, 5.74) is 2.47. The quantitative estimate of drug-likeness (QED) is 0.402. The standard InChI is InChI=1S/C27H25NO3/c1-2-30-26-15-13-23(27(29)28-18-20-8-4-3-5-9-20)16-24(26)19-31-25-14-12-21-10-6-7-11-22(21)17-25/h3-17H,2,18-19H2,1H3,(H,28,29). The Morgan fingerprint density at radius 1 is 0.806 bits per heavy atom. The molecule has 0 aliphatic rings. The van der Waals surface area contributed by atoms with E-state index in [0.717, 1.165) is 28.0 Å². The van der Waals surface area contributed by atoms with Gasteiger partial charge in [0.15, 0.2) is 0 Å². The van der Waals surface area contributed by atoms with Crippen LogP contribution in [0.1, 0.15) is 28.4 Å². The summed E-state index contributed by atoms with van der Waals surface area (Å²) in [5.74, 6) is 1.38. The molecule has 4 aromatic carbocycles. The van der Waals surface area contributed by atoms with Crippen molar-refractivity contribution in [2.75, 3.05) is 6.61 Å². The van der Waals surface area contributed by atoms with Crippen LogP contribution in [0.25, 0.3) is 10.8 Å². The molecule has 0 atom stereocenters. The number of carbonyl (C=O) groups excluding carboxylic acids is 1. The molecule has 1 amide bonds. The zero-order valence-electron chi connectivity index (χ0n) is 17.5. The highest BCUT2D eigenvalue weighted by Crippen LogP contribution is 2.25. The number of nitrogens with one attached hydrogen (secondary N) is 1. The number of amides is 1. The minimum absolute atomic E-state index is 0.126. The number of carbonyl (C=O) groups is 1. The van der Waals surface area contributed by atoms with Gasteiger partial charge >= 0.3 is 0 Å². The molecule has 0 saturated heterocycles. The fourth-order valence-corrected chi connectivity index (χ4v) is 3.43. The largest absolute Gasteiger partial charge is 0.493 e. The lowest BCUT2D eigenvalue weighted by atomic mass is 10.1. The molecule has 1 N–H and O–H groups in total. The third-order valence-corrected chi connectivity index (χ3v) is 5.03. The van der Waals surface area contributed by atoms with Crippen LogP contribution in [0, 0.1) is 0 Å². The lowest BCUT2D eigenvalue weighted by Crippen LogP contribution is -2.23. The molecule has 0 saturated carbocycles. The Morgan fingerprint density at radius 2 is 1.58 bits per heavy atom. The van der Waals surface area contributed by atoms with Gasteiger partial charge in [0.1, 0.15) is 18.1 Å². The molecule has 0 bridgehead atoms. The van der Waals surface area contributed by atoms with Crippen molar-refractivity contribution < 1.29 is 14.3 Å². The van der Waals surface area contributed by atoms with E-state index in [4.69, 9.17) is 9.47 Å². The average Bonchev–Trinajstić information content (AvgIpc) is 2.82. The Morgan fingerprint density at radius 3 is 2.39 bits per heavy atom. The minimum atomic E-state index is -0.126.